The largest absolute Gasteiger partial charge is 0.458 e. The van der Waals surface area contributed by atoms with Gasteiger partial charge in [0.2, 0.25) is 0 Å². The summed E-state index contributed by atoms with van der Waals surface area (Å²) in [4.78, 5) is 22.2. The van der Waals surface area contributed by atoms with Crippen molar-refractivity contribution in [3.8, 4) is 0 Å². The summed E-state index contributed by atoms with van der Waals surface area (Å²) >= 11 is 0. The monoisotopic (exact) mass is 278 g/mol. The van der Waals surface area contributed by atoms with E-state index in [1.54, 1.807) is 0 Å². The number of carbonyl (C=O) groups excluding carboxylic acids is 2. The summed E-state index contributed by atoms with van der Waals surface area (Å²) in [6.45, 7) is 1.98. The van der Waals surface area contributed by atoms with Crippen LogP contribution in [0.3, 0.4) is 0 Å². The third-order valence-electron chi connectivity index (χ3n) is 3.04. The highest BCUT2D eigenvalue weighted by Gasteiger charge is 2.33. The summed E-state index contributed by atoms with van der Waals surface area (Å²) in [5, 5.41) is 0. The third kappa shape index (κ3) is 4.35. The quantitative estimate of drug-likeness (QED) is 0.743. The van der Waals surface area contributed by atoms with Crippen LogP contribution in [0, 0.1) is 0 Å². The lowest BCUT2D eigenvalue weighted by Crippen LogP contribution is -2.34. The van der Waals surface area contributed by atoms with Crippen molar-refractivity contribution in [3.63, 3.8) is 0 Å². The molecule has 1 aromatic rings. The molecule has 0 bridgehead atoms. The summed E-state index contributed by atoms with van der Waals surface area (Å²) in [7, 11) is 0. The number of esters is 2. The lowest BCUT2D eigenvalue weighted by Gasteiger charge is -2.22. The van der Waals surface area contributed by atoms with E-state index in [1.807, 2.05) is 30.3 Å². The fourth-order valence-corrected chi connectivity index (χ4v) is 2.11. The second-order valence-electron chi connectivity index (χ2n) is 4.72. The van der Waals surface area contributed by atoms with Gasteiger partial charge in [-0.15, -0.1) is 0 Å². The minimum atomic E-state index is -0.539. The van der Waals surface area contributed by atoms with Crippen LogP contribution in [0.25, 0.3) is 0 Å². The van der Waals surface area contributed by atoms with Crippen molar-refractivity contribution in [3.05, 3.63) is 35.9 Å². The zero-order chi connectivity index (χ0) is 14.4. The highest BCUT2D eigenvalue weighted by atomic mass is 16.6. The van der Waals surface area contributed by atoms with Crippen LogP contribution in [-0.2, 0) is 30.4 Å². The van der Waals surface area contributed by atoms with Crippen LogP contribution >= 0.6 is 0 Å². The van der Waals surface area contributed by atoms with Gasteiger partial charge in [0, 0.05) is 13.3 Å². The molecule has 20 heavy (non-hydrogen) atoms. The minimum Gasteiger partial charge on any atom is -0.458 e. The Kier molecular flexibility index (Phi) is 5.12. The molecule has 1 aromatic carbocycles. The van der Waals surface area contributed by atoms with Crippen molar-refractivity contribution < 1.29 is 23.8 Å². The van der Waals surface area contributed by atoms with E-state index >= 15 is 0 Å². The molecule has 0 radical (unpaired) electrons. The lowest BCUT2D eigenvalue weighted by atomic mass is 10.1. The summed E-state index contributed by atoms with van der Waals surface area (Å²) < 4.78 is 15.9. The van der Waals surface area contributed by atoms with Crippen molar-refractivity contribution in [2.75, 3.05) is 6.61 Å². The molecule has 2 atom stereocenters. The zero-order valence-corrected chi connectivity index (χ0v) is 11.4. The molecule has 5 nitrogen and oxygen atoms in total. The number of hydrogen-bond acceptors (Lipinski definition) is 5. The van der Waals surface area contributed by atoms with Crippen molar-refractivity contribution in [1.82, 2.24) is 0 Å². The Balaban J connectivity index is 1.84. The van der Waals surface area contributed by atoms with Crippen LogP contribution in [-0.4, -0.2) is 30.8 Å². The van der Waals surface area contributed by atoms with E-state index in [1.165, 1.54) is 6.92 Å². The topological polar surface area (TPSA) is 61.8 Å². The van der Waals surface area contributed by atoms with Gasteiger partial charge in [-0.2, -0.15) is 0 Å². The van der Waals surface area contributed by atoms with E-state index in [0.717, 1.165) is 5.56 Å². The van der Waals surface area contributed by atoms with Gasteiger partial charge in [0.25, 0.3) is 0 Å². The Morgan fingerprint density at radius 1 is 1.40 bits per heavy atom. The predicted molar refractivity (Wildman–Crippen MR) is 70.8 cm³/mol. The second kappa shape index (κ2) is 7.05. The lowest BCUT2D eigenvalue weighted by molar-refractivity contribution is -0.164. The van der Waals surface area contributed by atoms with Gasteiger partial charge in [0.15, 0.2) is 6.10 Å². The SMILES string of the molecule is CC(=O)O[C@@H](COCc1ccccc1)[C@H]1CCC(=O)O1. The normalized spacial score (nSPS) is 19.4. The zero-order valence-electron chi connectivity index (χ0n) is 11.4. The maximum Gasteiger partial charge on any atom is 0.306 e. The molecule has 0 aliphatic carbocycles. The molecule has 5 heteroatoms. The number of hydrogen-bond donors (Lipinski definition) is 0. The van der Waals surface area contributed by atoms with Crippen molar-refractivity contribution in [2.45, 2.75) is 38.6 Å². The molecule has 1 saturated heterocycles. The van der Waals surface area contributed by atoms with Gasteiger partial charge in [-0.25, -0.2) is 0 Å². The molecular formula is C15H18O5. The molecule has 0 amide bonds. The van der Waals surface area contributed by atoms with E-state index in [4.69, 9.17) is 14.2 Å². The van der Waals surface area contributed by atoms with Gasteiger partial charge in [-0.05, 0) is 12.0 Å². The summed E-state index contributed by atoms with van der Waals surface area (Å²) in [6.07, 6.45) is -0.0168. The highest BCUT2D eigenvalue weighted by Crippen LogP contribution is 2.20. The predicted octanol–water partition coefficient (Wildman–Crippen LogP) is 1.84. The van der Waals surface area contributed by atoms with E-state index in [-0.39, 0.29) is 12.6 Å². The summed E-state index contributed by atoms with van der Waals surface area (Å²) in [6, 6.07) is 9.71. The minimum absolute atomic E-state index is 0.215. The second-order valence-corrected chi connectivity index (χ2v) is 4.72. The van der Waals surface area contributed by atoms with Gasteiger partial charge in [0.1, 0.15) is 6.10 Å². The molecule has 0 spiro atoms. The van der Waals surface area contributed by atoms with Gasteiger partial charge >= 0.3 is 11.9 Å². The molecule has 0 unspecified atom stereocenters. The fraction of sp³-hybridized carbons (Fsp3) is 0.467. The van der Waals surface area contributed by atoms with Crippen LogP contribution in [0.4, 0.5) is 0 Å². The number of benzene rings is 1. The van der Waals surface area contributed by atoms with Crippen LogP contribution in [0.2, 0.25) is 0 Å². The van der Waals surface area contributed by atoms with E-state index in [9.17, 15) is 9.59 Å². The van der Waals surface area contributed by atoms with Gasteiger partial charge in [-0.3, -0.25) is 9.59 Å². The van der Waals surface area contributed by atoms with Gasteiger partial charge < -0.3 is 14.2 Å². The third-order valence-corrected chi connectivity index (χ3v) is 3.04. The fourth-order valence-electron chi connectivity index (χ4n) is 2.11. The Bertz CT molecular complexity index is 457. The van der Waals surface area contributed by atoms with E-state index in [0.29, 0.717) is 19.4 Å². The van der Waals surface area contributed by atoms with Gasteiger partial charge in [-0.1, -0.05) is 30.3 Å². The molecular weight excluding hydrogens is 260 g/mol. The van der Waals surface area contributed by atoms with Crippen molar-refractivity contribution in [1.29, 1.82) is 0 Å². The van der Waals surface area contributed by atoms with Crippen LogP contribution in [0.1, 0.15) is 25.3 Å². The Hall–Kier alpha value is -1.88. The number of carbonyl (C=O) groups is 2. The smallest absolute Gasteiger partial charge is 0.306 e. The Morgan fingerprint density at radius 2 is 2.15 bits per heavy atom. The molecule has 1 aliphatic rings. The number of rotatable bonds is 6. The van der Waals surface area contributed by atoms with Crippen LogP contribution in [0.15, 0.2) is 30.3 Å². The highest BCUT2D eigenvalue weighted by molar-refractivity contribution is 5.71. The molecule has 2 rings (SSSR count). The van der Waals surface area contributed by atoms with Crippen LogP contribution < -0.4 is 0 Å². The maximum atomic E-state index is 11.1. The summed E-state index contributed by atoms with van der Waals surface area (Å²) in [5.74, 6) is -0.656. The molecule has 1 heterocycles. The first kappa shape index (κ1) is 14.5. The van der Waals surface area contributed by atoms with Crippen molar-refractivity contribution in [2.24, 2.45) is 0 Å². The average Bonchev–Trinajstić information content (AvgIpc) is 2.85. The molecule has 0 N–H and O–H groups in total. The number of cyclic esters (lactones) is 1. The first-order chi connectivity index (χ1) is 9.65. The van der Waals surface area contributed by atoms with Crippen molar-refractivity contribution >= 4 is 11.9 Å². The standard InChI is InChI=1S/C15H18O5/c1-11(16)19-14(13-7-8-15(17)20-13)10-18-9-12-5-3-2-4-6-12/h2-6,13-14H,7-10H2,1H3/t13-,14+/m1/s1. The average molecular weight is 278 g/mol. The Morgan fingerprint density at radius 3 is 2.75 bits per heavy atom. The molecule has 1 fully saturated rings. The van der Waals surface area contributed by atoms with E-state index < -0.39 is 18.2 Å². The van der Waals surface area contributed by atoms with Gasteiger partial charge in [0.05, 0.1) is 13.2 Å². The number of ether oxygens (including phenoxy) is 3. The maximum absolute atomic E-state index is 11.1. The first-order valence-electron chi connectivity index (χ1n) is 6.63. The molecule has 108 valence electrons. The van der Waals surface area contributed by atoms with E-state index in [2.05, 4.69) is 0 Å². The molecule has 0 aromatic heterocycles. The Labute approximate surface area is 117 Å². The summed E-state index contributed by atoms with van der Waals surface area (Å²) in [5.41, 5.74) is 1.04. The first-order valence-corrected chi connectivity index (χ1v) is 6.63. The van der Waals surface area contributed by atoms with Crippen LogP contribution in [0.5, 0.6) is 0 Å². The molecule has 0 saturated carbocycles. The molecule has 1 aliphatic heterocycles.